The van der Waals surface area contributed by atoms with Crippen molar-refractivity contribution in [3.63, 3.8) is 0 Å². The van der Waals surface area contributed by atoms with Gasteiger partial charge in [-0.2, -0.15) is 13.2 Å². The second kappa shape index (κ2) is 5.44. The van der Waals surface area contributed by atoms with Gasteiger partial charge in [0.25, 0.3) is 0 Å². The first-order valence-corrected chi connectivity index (χ1v) is 7.07. The van der Waals surface area contributed by atoms with Gasteiger partial charge in [-0.05, 0) is 48.3 Å². The van der Waals surface area contributed by atoms with Crippen LogP contribution in [0.5, 0.6) is 0 Å². The maximum absolute atomic E-state index is 14.4. The van der Waals surface area contributed by atoms with E-state index in [0.29, 0.717) is 12.1 Å². The monoisotopic (exact) mass is 364 g/mol. The van der Waals surface area contributed by atoms with Crippen LogP contribution in [0.25, 0.3) is 10.9 Å². The first kappa shape index (κ1) is 16.0. The van der Waals surface area contributed by atoms with Gasteiger partial charge in [-0.3, -0.25) is 0 Å². The Morgan fingerprint density at radius 2 is 1.90 bits per heavy atom. The highest BCUT2D eigenvalue weighted by Gasteiger charge is 2.36. The number of nitrogens with zero attached hydrogens (tertiary/aromatic N) is 1. The molecule has 0 atom stereocenters. The molecule has 0 aliphatic carbocycles. The van der Waals surface area contributed by atoms with E-state index in [9.17, 15) is 17.6 Å². The first-order chi connectivity index (χ1) is 9.68. The molecule has 0 spiro atoms. The summed E-state index contributed by atoms with van der Waals surface area (Å²) in [6, 6.07) is 1.43. The van der Waals surface area contributed by atoms with E-state index >= 15 is 0 Å². The van der Waals surface area contributed by atoms with E-state index in [1.807, 2.05) is 0 Å². The third-order valence-corrected chi connectivity index (χ3v) is 3.79. The number of hydrogen-bond acceptors (Lipinski definition) is 2. The Morgan fingerprint density at radius 1 is 1.29 bits per heavy atom. The number of hydrogen-bond donors (Lipinski definition) is 1. The van der Waals surface area contributed by atoms with Gasteiger partial charge in [-0.1, -0.05) is 0 Å². The van der Waals surface area contributed by atoms with Crippen molar-refractivity contribution in [1.82, 2.24) is 4.98 Å². The summed E-state index contributed by atoms with van der Waals surface area (Å²) in [5.41, 5.74) is -0.465. The molecule has 0 unspecified atom stereocenters. The van der Waals surface area contributed by atoms with Crippen molar-refractivity contribution in [2.45, 2.75) is 26.9 Å². The molecule has 1 heterocycles. The zero-order valence-corrected chi connectivity index (χ0v) is 13.2. The molecule has 0 radical (unpaired) electrons. The van der Waals surface area contributed by atoms with E-state index in [1.165, 1.54) is 13.0 Å². The summed E-state index contributed by atoms with van der Waals surface area (Å²) in [4.78, 5) is 3.66. The lowest BCUT2D eigenvalue weighted by Gasteiger charge is -2.18. The fraction of sp³-hybridized carbons (Fsp3) is 0.357. The van der Waals surface area contributed by atoms with Crippen molar-refractivity contribution < 1.29 is 17.6 Å². The van der Waals surface area contributed by atoms with Gasteiger partial charge in [0, 0.05) is 12.1 Å². The highest BCUT2D eigenvalue weighted by Crippen LogP contribution is 2.40. The zero-order valence-electron chi connectivity index (χ0n) is 11.6. The highest BCUT2D eigenvalue weighted by molar-refractivity contribution is 9.10. The second-order valence-electron chi connectivity index (χ2n) is 4.70. The number of fused-ring (bicyclic) bond motifs is 1. The molecule has 1 aromatic heterocycles. The number of nitrogens with one attached hydrogen (secondary N) is 1. The standard InChI is InChI=1S/C14H13BrF4N2/c1-4-20-12-7(3)13(14(17,18)19)21-11-6(2)5-8(15)10(16)9(11)12/h5H,4H2,1-3H3,(H,20,21). The summed E-state index contributed by atoms with van der Waals surface area (Å²) in [6.45, 7) is 5.01. The van der Waals surface area contributed by atoms with Crippen molar-refractivity contribution in [3.05, 3.63) is 33.2 Å². The van der Waals surface area contributed by atoms with Gasteiger partial charge in [-0.25, -0.2) is 9.37 Å². The van der Waals surface area contributed by atoms with Crippen molar-refractivity contribution in [2.75, 3.05) is 11.9 Å². The summed E-state index contributed by atoms with van der Waals surface area (Å²) in [5, 5.41) is 2.90. The van der Waals surface area contributed by atoms with E-state index in [0.717, 1.165) is 0 Å². The zero-order chi connectivity index (χ0) is 15.9. The lowest BCUT2D eigenvalue weighted by molar-refractivity contribution is -0.141. The molecule has 0 saturated heterocycles. The fourth-order valence-electron chi connectivity index (χ4n) is 2.29. The Balaban J connectivity index is 3.00. The minimum Gasteiger partial charge on any atom is -0.384 e. The predicted molar refractivity (Wildman–Crippen MR) is 78.0 cm³/mol. The molecule has 0 fully saturated rings. The lowest BCUT2D eigenvalue weighted by atomic mass is 10.0. The molecule has 7 heteroatoms. The van der Waals surface area contributed by atoms with Crippen LogP contribution in [0.4, 0.5) is 23.2 Å². The molecule has 2 aromatic rings. The summed E-state index contributed by atoms with van der Waals surface area (Å²) >= 11 is 3.08. The Labute approximate surface area is 127 Å². The lowest BCUT2D eigenvalue weighted by Crippen LogP contribution is -2.14. The number of aromatic nitrogens is 1. The van der Waals surface area contributed by atoms with Gasteiger partial charge in [-0.15, -0.1) is 0 Å². The molecule has 114 valence electrons. The SMILES string of the molecule is CCNc1c(C)c(C(F)(F)F)nc2c(C)cc(Br)c(F)c12. The van der Waals surface area contributed by atoms with Crippen LogP contribution in [0.2, 0.25) is 0 Å². The number of aryl methyl sites for hydroxylation is 1. The van der Waals surface area contributed by atoms with Crippen LogP contribution < -0.4 is 5.32 Å². The average Bonchev–Trinajstić information content (AvgIpc) is 2.37. The van der Waals surface area contributed by atoms with E-state index in [-0.39, 0.29) is 26.6 Å². The third-order valence-electron chi connectivity index (χ3n) is 3.21. The smallest absolute Gasteiger partial charge is 0.384 e. The summed E-state index contributed by atoms with van der Waals surface area (Å²) < 4.78 is 53.9. The average molecular weight is 365 g/mol. The van der Waals surface area contributed by atoms with Crippen LogP contribution in [0.1, 0.15) is 23.7 Å². The van der Waals surface area contributed by atoms with E-state index in [4.69, 9.17) is 0 Å². The van der Waals surface area contributed by atoms with Gasteiger partial charge in [0.05, 0.1) is 21.1 Å². The number of pyridine rings is 1. The predicted octanol–water partition coefficient (Wildman–Crippen LogP) is 5.20. The number of anilines is 1. The number of halogens is 5. The number of alkyl halides is 3. The van der Waals surface area contributed by atoms with Gasteiger partial charge in [0.15, 0.2) is 0 Å². The second-order valence-corrected chi connectivity index (χ2v) is 5.56. The maximum atomic E-state index is 14.4. The van der Waals surface area contributed by atoms with E-state index < -0.39 is 17.7 Å². The van der Waals surface area contributed by atoms with Crippen LogP contribution in [0, 0.1) is 19.7 Å². The van der Waals surface area contributed by atoms with E-state index in [2.05, 4.69) is 26.2 Å². The molecular weight excluding hydrogens is 352 g/mol. The molecular formula is C14H13BrF4N2. The molecule has 0 bridgehead atoms. The summed E-state index contributed by atoms with van der Waals surface area (Å²) in [5.74, 6) is -0.615. The van der Waals surface area contributed by atoms with Gasteiger partial charge < -0.3 is 5.32 Å². The van der Waals surface area contributed by atoms with E-state index in [1.54, 1.807) is 13.8 Å². The van der Waals surface area contributed by atoms with Gasteiger partial charge in [0.1, 0.15) is 11.5 Å². The quantitative estimate of drug-likeness (QED) is 0.740. The van der Waals surface area contributed by atoms with Crippen molar-refractivity contribution in [1.29, 1.82) is 0 Å². The minimum atomic E-state index is -4.58. The minimum absolute atomic E-state index is 0.0181. The summed E-state index contributed by atoms with van der Waals surface area (Å²) in [6.07, 6.45) is -4.58. The first-order valence-electron chi connectivity index (χ1n) is 6.28. The molecule has 1 aromatic carbocycles. The molecule has 2 nitrogen and oxygen atoms in total. The maximum Gasteiger partial charge on any atom is 0.433 e. The van der Waals surface area contributed by atoms with Crippen LogP contribution in [0.15, 0.2) is 10.5 Å². The van der Waals surface area contributed by atoms with Crippen LogP contribution in [0.3, 0.4) is 0 Å². The largest absolute Gasteiger partial charge is 0.433 e. The Bertz CT molecular complexity index is 711. The molecule has 0 aliphatic heterocycles. The normalized spacial score (nSPS) is 12.0. The van der Waals surface area contributed by atoms with Crippen molar-refractivity contribution in [2.24, 2.45) is 0 Å². The molecule has 0 aliphatic rings. The van der Waals surface area contributed by atoms with Crippen LogP contribution in [-0.4, -0.2) is 11.5 Å². The Hall–Kier alpha value is -1.37. The van der Waals surface area contributed by atoms with Gasteiger partial charge in [0.2, 0.25) is 0 Å². The van der Waals surface area contributed by atoms with Gasteiger partial charge >= 0.3 is 6.18 Å². The molecule has 1 N–H and O–H groups in total. The number of rotatable bonds is 2. The Kier molecular flexibility index (Phi) is 4.15. The third kappa shape index (κ3) is 2.71. The molecule has 0 amide bonds. The van der Waals surface area contributed by atoms with Crippen LogP contribution >= 0.6 is 15.9 Å². The van der Waals surface area contributed by atoms with Crippen LogP contribution in [-0.2, 0) is 6.18 Å². The number of benzene rings is 1. The Morgan fingerprint density at radius 3 is 2.43 bits per heavy atom. The topological polar surface area (TPSA) is 24.9 Å². The molecule has 0 saturated carbocycles. The molecule has 21 heavy (non-hydrogen) atoms. The van der Waals surface area contributed by atoms with Crippen molar-refractivity contribution >= 4 is 32.5 Å². The summed E-state index contributed by atoms with van der Waals surface area (Å²) in [7, 11) is 0. The highest BCUT2D eigenvalue weighted by atomic mass is 79.9. The fourth-order valence-corrected chi connectivity index (χ4v) is 2.83. The molecule has 2 rings (SSSR count). The van der Waals surface area contributed by atoms with Crippen molar-refractivity contribution in [3.8, 4) is 0 Å².